The fourth-order valence-electron chi connectivity index (χ4n) is 4.44. The number of benzene rings is 1. The largest absolute Gasteiger partial charge is 0.490 e. The predicted molar refractivity (Wildman–Crippen MR) is 130 cm³/mol. The van der Waals surface area contributed by atoms with E-state index in [0.29, 0.717) is 56.5 Å². The Labute approximate surface area is 196 Å². The van der Waals surface area contributed by atoms with E-state index in [1.165, 1.54) is 19.3 Å². The van der Waals surface area contributed by atoms with Gasteiger partial charge in [0.15, 0.2) is 11.5 Å². The average molecular weight is 454 g/mol. The molecule has 4 rings (SSSR count). The van der Waals surface area contributed by atoms with Gasteiger partial charge in [0.05, 0.1) is 13.2 Å². The highest BCUT2D eigenvalue weighted by atomic mass is 16.5. The third-order valence-corrected chi connectivity index (χ3v) is 6.15. The summed E-state index contributed by atoms with van der Waals surface area (Å²) >= 11 is 0. The smallest absolute Gasteiger partial charge is 0.254 e. The maximum Gasteiger partial charge on any atom is 0.254 e. The van der Waals surface area contributed by atoms with E-state index < -0.39 is 0 Å². The highest BCUT2D eigenvalue weighted by Crippen LogP contribution is 2.29. The second-order valence-corrected chi connectivity index (χ2v) is 8.52. The van der Waals surface area contributed by atoms with Crippen molar-refractivity contribution in [2.24, 2.45) is 0 Å². The molecule has 2 fully saturated rings. The average Bonchev–Trinajstić information content (AvgIpc) is 2.85. The van der Waals surface area contributed by atoms with Gasteiger partial charge in [0.2, 0.25) is 5.95 Å². The van der Waals surface area contributed by atoms with Gasteiger partial charge in [-0.1, -0.05) is 0 Å². The van der Waals surface area contributed by atoms with Gasteiger partial charge in [-0.25, -0.2) is 4.98 Å². The Bertz CT molecular complexity index is 953. The second-order valence-electron chi connectivity index (χ2n) is 8.52. The van der Waals surface area contributed by atoms with E-state index in [-0.39, 0.29) is 5.91 Å². The van der Waals surface area contributed by atoms with Crippen LogP contribution < -0.4 is 19.3 Å². The first-order valence-electron chi connectivity index (χ1n) is 12.1. The van der Waals surface area contributed by atoms with E-state index in [4.69, 9.17) is 19.4 Å². The molecule has 2 aliphatic rings. The molecular weight excluding hydrogens is 418 g/mol. The Hall–Kier alpha value is -3.03. The number of hydrogen-bond acceptors (Lipinski definition) is 7. The van der Waals surface area contributed by atoms with Gasteiger partial charge >= 0.3 is 0 Å². The minimum atomic E-state index is 0.0119. The fourth-order valence-corrected chi connectivity index (χ4v) is 4.44. The monoisotopic (exact) mass is 453 g/mol. The SMILES string of the molecule is CCOc1ccc(C(=O)N2CCN(c3nc(C)cc(N4CCCCC4)n3)CC2)cc1OCC. The molecule has 8 nitrogen and oxygen atoms in total. The number of aryl methyl sites for hydroxylation is 1. The minimum absolute atomic E-state index is 0.0119. The van der Waals surface area contributed by atoms with Gasteiger partial charge in [-0.05, 0) is 58.2 Å². The molecule has 0 unspecified atom stereocenters. The molecule has 2 aromatic rings. The van der Waals surface area contributed by atoms with Gasteiger partial charge in [0.1, 0.15) is 5.82 Å². The maximum absolute atomic E-state index is 13.2. The second kappa shape index (κ2) is 10.7. The molecule has 3 heterocycles. The van der Waals surface area contributed by atoms with Crippen LogP contribution in [0.2, 0.25) is 0 Å². The van der Waals surface area contributed by atoms with Crippen molar-refractivity contribution >= 4 is 17.7 Å². The predicted octanol–water partition coefficient (Wildman–Crippen LogP) is 3.54. The number of aromatic nitrogens is 2. The van der Waals surface area contributed by atoms with E-state index in [9.17, 15) is 4.79 Å². The quantitative estimate of drug-likeness (QED) is 0.635. The van der Waals surface area contributed by atoms with E-state index in [2.05, 4.69) is 15.9 Å². The number of carbonyl (C=O) groups is 1. The van der Waals surface area contributed by atoms with Gasteiger partial charge in [-0.2, -0.15) is 4.98 Å². The first-order chi connectivity index (χ1) is 16.1. The summed E-state index contributed by atoms with van der Waals surface area (Å²) in [6.07, 6.45) is 3.73. The van der Waals surface area contributed by atoms with E-state index in [1.54, 1.807) is 6.07 Å². The zero-order chi connectivity index (χ0) is 23.2. The number of anilines is 2. The maximum atomic E-state index is 13.2. The zero-order valence-electron chi connectivity index (χ0n) is 20.0. The Kier molecular flexibility index (Phi) is 7.52. The van der Waals surface area contributed by atoms with Crippen LogP contribution in [0.5, 0.6) is 11.5 Å². The van der Waals surface area contributed by atoms with Crippen LogP contribution in [0, 0.1) is 6.92 Å². The van der Waals surface area contributed by atoms with E-state index in [1.807, 2.05) is 37.8 Å². The lowest BCUT2D eigenvalue weighted by molar-refractivity contribution is 0.0745. The summed E-state index contributed by atoms with van der Waals surface area (Å²) in [6, 6.07) is 7.51. The van der Waals surface area contributed by atoms with Crippen molar-refractivity contribution < 1.29 is 14.3 Å². The molecule has 0 bridgehead atoms. The number of nitrogens with zero attached hydrogens (tertiary/aromatic N) is 5. The number of amides is 1. The summed E-state index contributed by atoms with van der Waals surface area (Å²) in [7, 11) is 0. The third kappa shape index (κ3) is 5.49. The molecule has 0 aliphatic carbocycles. The number of hydrogen-bond donors (Lipinski definition) is 0. The molecule has 0 spiro atoms. The molecule has 0 N–H and O–H groups in total. The molecule has 2 saturated heterocycles. The van der Waals surface area contributed by atoms with Crippen molar-refractivity contribution in [3.63, 3.8) is 0 Å². The lowest BCUT2D eigenvalue weighted by Crippen LogP contribution is -2.49. The molecule has 1 amide bonds. The minimum Gasteiger partial charge on any atom is -0.490 e. The summed E-state index contributed by atoms with van der Waals surface area (Å²) in [6.45, 7) is 11.8. The van der Waals surface area contributed by atoms with Gasteiger partial charge in [-0.15, -0.1) is 0 Å². The first-order valence-corrected chi connectivity index (χ1v) is 12.1. The number of rotatable bonds is 7. The Morgan fingerprint density at radius 2 is 1.55 bits per heavy atom. The summed E-state index contributed by atoms with van der Waals surface area (Å²) in [5.41, 5.74) is 1.60. The van der Waals surface area contributed by atoms with Crippen molar-refractivity contribution in [1.29, 1.82) is 0 Å². The lowest BCUT2D eigenvalue weighted by Gasteiger charge is -2.35. The molecule has 178 valence electrons. The highest BCUT2D eigenvalue weighted by Gasteiger charge is 2.25. The van der Waals surface area contributed by atoms with Crippen LogP contribution in [0.3, 0.4) is 0 Å². The van der Waals surface area contributed by atoms with Crippen LogP contribution in [-0.2, 0) is 0 Å². The number of piperidine rings is 1. The van der Waals surface area contributed by atoms with Crippen LogP contribution in [0.1, 0.15) is 49.2 Å². The number of ether oxygens (including phenoxy) is 2. The van der Waals surface area contributed by atoms with Crippen molar-refractivity contribution in [2.45, 2.75) is 40.0 Å². The van der Waals surface area contributed by atoms with Crippen molar-refractivity contribution in [2.75, 3.05) is 62.3 Å². The van der Waals surface area contributed by atoms with Crippen molar-refractivity contribution in [1.82, 2.24) is 14.9 Å². The molecule has 2 aliphatic heterocycles. The summed E-state index contributed by atoms with van der Waals surface area (Å²) < 4.78 is 11.3. The molecule has 0 saturated carbocycles. The summed E-state index contributed by atoms with van der Waals surface area (Å²) in [5.74, 6) is 3.08. The van der Waals surface area contributed by atoms with E-state index in [0.717, 1.165) is 30.5 Å². The zero-order valence-corrected chi connectivity index (χ0v) is 20.0. The molecule has 0 radical (unpaired) electrons. The van der Waals surface area contributed by atoms with Gasteiger partial charge in [0, 0.05) is 56.6 Å². The standard InChI is InChI=1S/C25H35N5O3/c1-4-32-21-10-9-20(18-22(21)33-5-2)24(31)29-13-15-30(16-14-29)25-26-19(3)17-23(27-25)28-11-7-6-8-12-28/h9-10,17-18H,4-8,11-16H2,1-3H3. The number of carbonyl (C=O) groups excluding carboxylic acids is 1. The fraction of sp³-hybridized carbons (Fsp3) is 0.560. The summed E-state index contributed by atoms with van der Waals surface area (Å²) in [4.78, 5) is 29.2. The Morgan fingerprint density at radius 1 is 0.848 bits per heavy atom. The van der Waals surface area contributed by atoms with Crippen LogP contribution in [0.15, 0.2) is 24.3 Å². The van der Waals surface area contributed by atoms with E-state index >= 15 is 0 Å². The molecule has 33 heavy (non-hydrogen) atoms. The van der Waals surface area contributed by atoms with Gasteiger partial charge < -0.3 is 24.2 Å². The topological polar surface area (TPSA) is 71.0 Å². The Balaban J connectivity index is 1.42. The Morgan fingerprint density at radius 3 is 2.24 bits per heavy atom. The highest BCUT2D eigenvalue weighted by molar-refractivity contribution is 5.95. The molecule has 1 aromatic heterocycles. The third-order valence-electron chi connectivity index (χ3n) is 6.15. The first kappa shape index (κ1) is 23.1. The van der Waals surface area contributed by atoms with Crippen LogP contribution in [-0.4, -0.2) is 73.3 Å². The van der Waals surface area contributed by atoms with Crippen LogP contribution >= 0.6 is 0 Å². The molecule has 1 aromatic carbocycles. The lowest BCUT2D eigenvalue weighted by atomic mass is 10.1. The molecule has 0 atom stereocenters. The van der Waals surface area contributed by atoms with Gasteiger partial charge in [-0.3, -0.25) is 4.79 Å². The van der Waals surface area contributed by atoms with Crippen molar-refractivity contribution in [3.8, 4) is 11.5 Å². The van der Waals surface area contributed by atoms with Crippen molar-refractivity contribution in [3.05, 3.63) is 35.5 Å². The normalized spacial score (nSPS) is 16.6. The molecular formula is C25H35N5O3. The van der Waals surface area contributed by atoms with Crippen LogP contribution in [0.25, 0.3) is 0 Å². The number of piperazine rings is 1. The summed E-state index contributed by atoms with van der Waals surface area (Å²) in [5, 5.41) is 0. The molecule has 8 heteroatoms. The van der Waals surface area contributed by atoms with Crippen LogP contribution in [0.4, 0.5) is 11.8 Å². The van der Waals surface area contributed by atoms with Gasteiger partial charge in [0.25, 0.3) is 5.91 Å².